The van der Waals surface area contributed by atoms with Crippen molar-refractivity contribution in [2.75, 3.05) is 6.61 Å². The summed E-state index contributed by atoms with van der Waals surface area (Å²) in [6, 6.07) is 0. The summed E-state index contributed by atoms with van der Waals surface area (Å²) in [6.07, 6.45) is 12.4. The van der Waals surface area contributed by atoms with Crippen molar-refractivity contribution in [1.29, 1.82) is 0 Å². The van der Waals surface area contributed by atoms with Gasteiger partial charge in [0.2, 0.25) is 0 Å². The van der Waals surface area contributed by atoms with Crippen LogP contribution in [0, 0.1) is 34.0 Å². The van der Waals surface area contributed by atoms with E-state index in [1.165, 1.54) is 44.1 Å². The zero-order valence-electron chi connectivity index (χ0n) is 17.7. The molecule has 0 aliphatic heterocycles. The number of esters is 1. The lowest BCUT2D eigenvalue weighted by molar-refractivity contribution is -0.194. The first-order valence-electron chi connectivity index (χ1n) is 11.3. The molecular formula is C24H38O3. The first kappa shape index (κ1) is 19.5. The van der Waals surface area contributed by atoms with E-state index in [-0.39, 0.29) is 24.1 Å². The van der Waals surface area contributed by atoms with Crippen LogP contribution in [0.4, 0.5) is 0 Å². The lowest BCUT2D eigenvalue weighted by Gasteiger charge is -2.64. The summed E-state index contributed by atoms with van der Waals surface area (Å²) in [5.74, 6) is 1.94. The van der Waals surface area contributed by atoms with E-state index in [4.69, 9.17) is 4.74 Å². The van der Waals surface area contributed by atoms with Crippen molar-refractivity contribution in [2.24, 2.45) is 34.0 Å². The summed E-state index contributed by atoms with van der Waals surface area (Å²) < 4.78 is 5.99. The number of fused-ring (bicyclic) bond motifs is 3. The number of aliphatic hydroxyl groups is 1. The van der Waals surface area contributed by atoms with Gasteiger partial charge < -0.3 is 9.84 Å². The molecule has 3 saturated carbocycles. The quantitative estimate of drug-likeness (QED) is 0.538. The molecule has 0 aromatic heterocycles. The van der Waals surface area contributed by atoms with Gasteiger partial charge >= 0.3 is 5.97 Å². The van der Waals surface area contributed by atoms with Crippen molar-refractivity contribution < 1.29 is 14.6 Å². The topological polar surface area (TPSA) is 46.5 Å². The fraction of sp³-hybridized carbons (Fsp3) is 0.875. The maximum atomic E-state index is 12.2. The number of carbonyl (C=O) groups excluding carboxylic acids is 1. The molecule has 0 heterocycles. The first-order valence-corrected chi connectivity index (χ1v) is 11.3. The third-order valence-electron chi connectivity index (χ3n) is 9.20. The van der Waals surface area contributed by atoms with Gasteiger partial charge in [-0.15, -0.1) is 0 Å². The molecule has 1 spiro atoms. The summed E-state index contributed by atoms with van der Waals surface area (Å²) in [5.41, 5.74) is 2.01. The van der Waals surface area contributed by atoms with Crippen LogP contribution < -0.4 is 0 Å². The van der Waals surface area contributed by atoms with Crippen LogP contribution in [0.3, 0.4) is 0 Å². The second kappa shape index (κ2) is 6.61. The highest BCUT2D eigenvalue weighted by atomic mass is 16.5. The predicted octanol–water partition coefficient (Wildman–Crippen LogP) is 5.27. The van der Waals surface area contributed by atoms with Gasteiger partial charge in [0.1, 0.15) is 6.10 Å². The highest BCUT2D eigenvalue weighted by molar-refractivity contribution is 5.69. The maximum absolute atomic E-state index is 12.2. The summed E-state index contributed by atoms with van der Waals surface area (Å²) in [7, 11) is 0. The fourth-order valence-corrected chi connectivity index (χ4v) is 8.06. The van der Waals surface area contributed by atoms with Crippen LogP contribution in [-0.4, -0.2) is 23.8 Å². The van der Waals surface area contributed by atoms with E-state index in [1.807, 2.05) is 6.92 Å². The molecule has 152 valence electrons. The summed E-state index contributed by atoms with van der Waals surface area (Å²) in [5, 5.41) is 9.83. The van der Waals surface area contributed by atoms with Crippen molar-refractivity contribution in [2.45, 2.75) is 91.6 Å². The molecule has 4 aliphatic rings. The van der Waals surface area contributed by atoms with Crippen molar-refractivity contribution in [1.82, 2.24) is 0 Å². The molecule has 0 aromatic rings. The molecule has 6 atom stereocenters. The standard InChI is InChI=1S/C24H38O3/c1-5-6-21(26)27-20-10-11-23(4)18(22(20,2)3)9-12-24-13-16(7-8-19(23)24)17(14-24)15-25/h14,16,18-20,25H,5-13,15H2,1-4H3/t16-,18-,19+,20+,23-,24+/m1/s1. The number of hydrogen-bond acceptors (Lipinski definition) is 3. The summed E-state index contributed by atoms with van der Waals surface area (Å²) in [4.78, 5) is 12.2. The number of ether oxygens (including phenoxy) is 1. The Bertz CT molecular complexity index is 636. The molecule has 0 unspecified atom stereocenters. The van der Waals surface area contributed by atoms with Crippen molar-refractivity contribution in [3.05, 3.63) is 11.6 Å². The average molecular weight is 375 g/mol. The minimum absolute atomic E-state index is 0.0155. The van der Waals surface area contributed by atoms with E-state index in [0.717, 1.165) is 18.8 Å². The largest absolute Gasteiger partial charge is 0.462 e. The molecule has 2 bridgehead atoms. The van der Waals surface area contributed by atoms with Crippen LogP contribution in [-0.2, 0) is 9.53 Å². The normalized spacial score (nSPS) is 44.9. The van der Waals surface area contributed by atoms with Gasteiger partial charge in [0, 0.05) is 11.8 Å². The number of aliphatic hydroxyl groups excluding tert-OH is 1. The van der Waals surface area contributed by atoms with Crippen LogP contribution in [0.5, 0.6) is 0 Å². The van der Waals surface area contributed by atoms with Crippen LogP contribution in [0.25, 0.3) is 0 Å². The highest BCUT2D eigenvalue weighted by Crippen LogP contribution is 2.70. The van der Waals surface area contributed by atoms with Gasteiger partial charge in [-0.05, 0) is 85.5 Å². The molecule has 4 rings (SSSR count). The van der Waals surface area contributed by atoms with Crippen LogP contribution in [0.15, 0.2) is 11.6 Å². The number of allylic oxidation sites excluding steroid dienone is 1. The van der Waals surface area contributed by atoms with Gasteiger partial charge in [0.25, 0.3) is 0 Å². The van der Waals surface area contributed by atoms with Crippen LogP contribution in [0.1, 0.15) is 85.5 Å². The monoisotopic (exact) mass is 374 g/mol. The Balaban J connectivity index is 1.60. The number of rotatable bonds is 4. The lowest BCUT2D eigenvalue weighted by atomic mass is 9.41. The second-order valence-corrected chi connectivity index (χ2v) is 10.8. The molecular weight excluding hydrogens is 336 g/mol. The molecule has 0 amide bonds. The molecule has 27 heavy (non-hydrogen) atoms. The zero-order valence-corrected chi connectivity index (χ0v) is 17.7. The first-order chi connectivity index (χ1) is 12.8. The van der Waals surface area contributed by atoms with E-state index in [1.54, 1.807) is 0 Å². The number of carbonyl (C=O) groups is 1. The minimum atomic E-state index is -0.0155. The Morgan fingerprint density at radius 1 is 1.15 bits per heavy atom. The minimum Gasteiger partial charge on any atom is -0.462 e. The molecule has 4 aliphatic carbocycles. The maximum Gasteiger partial charge on any atom is 0.306 e. The third kappa shape index (κ3) is 2.82. The van der Waals surface area contributed by atoms with Crippen molar-refractivity contribution >= 4 is 5.97 Å². The molecule has 1 N–H and O–H groups in total. The molecule has 0 saturated heterocycles. The van der Waals surface area contributed by atoms with Crippen LogP contribution in [0.2, 0.25) is 0 Å². The smallest absolute Gasteiger partial charge is 0.306 e. The summed E-state index contributed by atoms with van der Waals surface area (Å²) in [6.45, 7) is 9.54. The Kier molecular flexibility index (Phi) is 4.77. The SMILES string of the molecule is CCCC(=O)O[C@H]1CC[C@]2(C)[C@H](CC[C@]34C=C(CO)[C@H](CC[C@H]32)C4)C1(C)C. The molecule has 0 radical (unpaired) electrons. The molecule has 3 heteroatoms. The van der Waals surface area contributed by atoms with Gasteiger partial charge in [-0.3, -0.25) is 4.79 Å². The van der Waals surface area contributed by atoms with Crippen LogP contribution >= 0.6 is 0 Å². The lowest BCUT2D eigenvalue weighted by Crippen LogP contribution is -2.59. The number of hydrogen-bond donors (Lipinski definition) is 1. The van der Waals surface area contributed by atoms with E-state index < -0.39 is 0 Å². The molecule has 3 fully saturated rings. The Labute approximate surface area is 164 Å². The molecule has 3 nitrogen and oxygen atoms in total. The Morgan fingerprint density at radius 2 is 1.93 bits per heavy atom. The average Bonchev–Trinajstić information content (AvgIpc) is 2.88. The van der Waals surface area contributed by atoms with Crippen molar-refractivity contribution in [3.63, 3.8) is 0 Å². The van der Waals surface area contributed by atoms with E-state index in [2.05, 4.69) is 26.8 Å². The van der Waals surface area contributed by atoms with Gasteiger partial charge in [-0.25, -0.2) is 0 Å². The Morgan fingerprint density at radius 3 is 2.63 bits per heavy atom. The second-order valence-electron chi connectivity index (χ2n) is 10.8. The predicted molar refractivity (Wildman–Crippen MR) is 107 cm³/mol. The molecule has 0 aromatic carbocycles. The fourth-order valence-electron chi connectivity index (χ4n) is 8.06. The third-order valence-corrected chi connectivity index (χ3v) is 9.20. The highest BCUT2D eigenvalue weighted by Gasteiger charge is 2.64. The summed E-state index contributed by atoms with van der Waals surface area (Å²) >= 11 is 0. The van der Waals surface area contributed by atoms with E-state index in [9.17, 15) is 9.90 Å². The van der Waals surface area contributed by atoms with Gasteiger partial charge in [-0.2, -0.15) is 0 Å². The van der Waals surface area contributed by atoms with E-state index >= 15 is 0 Å². The Hall–Kier alpha value is -0.830. The van der Waals surface area contributed by atoms with Crippen molar-refractivity contribution in [3.8, 4) is 0 Å². The zero-order chi connectivity index (χ0) is 19.4. The van der Waals surface area contributed by atoms with Gasteiger partial charge in [0.15, 0.2) is 0 Å². The van der Waals surface area contributed by atoms with Gasteiger partial charge in [-0.1, -0.05) is 33.8 Å². The van der Waals surface area contributed by atoms with E-state index in [0.29, 0.717) is 29.1 Å². The van der Waals surface area contributed by atoms with Gasteiger partial charge in [0.05, 0.1) is 6.61 Å².